The first-order valence-corrected chi connectivity index (χ1v) is 8.14. The van der Waals surface area contributed by atoms with Gasteiger partial charge in [0.1, 0.15) is 0 Å². The molecule has 0 aliphatic carbocycles. The van der Waals surface area contributed by atoms with Crippen LogP contribution in [0.15, 0.2) is 42.7 Å². The Balaban J connectivity index is 1.93. The summed E-state index contributed by atoms with van der Waals surface area (Å²) in [5.74, 6) is 0.475. The van der Waals surface area contributed by atoms with Gasteiger partial charge in [-0.3, -0.25) is 9.78 Å². The highest BCUT2D eigenvalue weighted by Crippen LogP contribution is 2.15. The highest BCUT2D eigenvalue weighted by Gasteiger charge is 2.08. The van der Waals surface area contributed by atoms with E-state index in [2.05, 4.69) is 29.5 Å². The standard InChI is InChI=1S/C18H22ClN3O/c1-13(2)7-8-21-16-9-15(10-20-12-16)18(23)22-11-14-5-3-4-6-17(14)19/h3-6,9-10,12-13,21H,7-8,11H2,1-2H3,(H,22,23). The number of benzene rings is 1. The molecule has 1 heterocycles. The van der Waals surface area contributed by atoms with Crippen LogP contribution in [-0.4, -0.2) is 17.4 Å². The van der Waals surface area contributed by atoms with E-state index in [0.717, 1.165) is 24.2 Å². The van der Waals surface area contributed by atoms with Gasteiger partial charge >= 0.3 is 0 Å². The number of hydrogen-bond acceptors (Lipinski definition) is 3. The van der Waals surface area contributed by atoms with Gasteiger partial charge in [-0.05, 0) is 30.0 Å². The number of carbonyl (C=O) groups is 1. The molecule has 0 spiro atoms. The van der Waals surface area contributed by atoms with E-state index in [-0.39, 0.29) is 5.91 Å². The van der Waals surface area contributed by atoms with Crippen LogP contribution in [0.3, 0.4) is 0 Å². The molecule has 0 aliphatic rings. The zero-order valence-corrected chi connectivity index (χ0v) is 14.2. The summed E-state index contributed by atoms with van der Waals surface area (Å²) >= 11 is 6.09. The van der Waals surface area contributed by atoms with Gasteiger partial charge in [0.05, 0.1) is 11.3 Å². The molecule has 1 aromatic carbocycles. The quantitative estimate of drug-likeness (QED) is 0.802. The number of amides is 1. The molecule has 23 heavy (non-hydrogen) atoms. The van der Waals surface area contributed by atoms with Crippen LogP contribution in [0.5, 0.6) is 0 Å². The number of hydrogen-bond donors (Lipinski definition) is 2. The van der Waals surface area contributed by atoms with Crippen molar-refractivity contribution in [3.63, 3.8) is 0 Å². The molecule has 0 saturated carbocycles. The molecule has 1 amide bonds. The maximum absolute atomic E-state index is 12.2. The Morgan fingerprint density at radius 1 is 1.26 bits per heavy atom. The lowest BCUT2D eigenvalue weighted by Crippen LogP contribution is -2.23. The summed E-state index contributed by atoms with van der Waals surface area (Å²) < 4.78 is 0. The molecule has 4 nitrogen and oxygen atoms in total. The van der Waals surface area contributed by atoms with Crippen molar-refractivity contribution in [3.8, 4) is 0 Å². The van der Waals surface area contributed by atoms with E-state index in [4.69, 9.17) is 11.6 Å². The lowest BCUT2D eigenvalue weighted by atomic mass is 10.1. The molecule has 2 aromatic rings. The van der Waals surface area contributed by atoms with E-state index in [9.17, 15) is 4.79 Å². The minimum atomic E-state index is -0.162. The van der Waals surface area contributed by atoms with Gasteiger partial charge in [0.25, 0.3) is 5.91 Å². The van der Waals surface area contributed by atoms with E-state index in [1.165, 1.54) is 0 Å². The first-order valence-electron chi connectivity index (χ1n) is 7.77. The molecule has 1 aromatic heterocycles. The molecule has 2 rings (SSSR count). The molecule has 0 atom stereocenters. The fourth-order valence-electron chi connectivity index (χ4n) is 2.09. The molecule has 0 aliphatic heterocycles. The molecule has 0 bridgehead atoms. The van der Waals surface area contributed by atoms with Gasteiger partial charge in [-0.25, -0.2) is 0 Å². The Bertz CT molecular complexity index is 658. The number of carbonyl (C=O) groups excluding carboxylic acids is 1. The average Bonchev–Trinajstić information content (AvgIpc) is 2.54. The molecular weight excluding hydrogens is 310 g/mol. The highest BCUT2D eigenvalue weighted by atomic mass is 35.5. The summed E-state index contributed by atoms with van der Waals surface area (Å²) in [5.41, 5.74) is 2.28. The lowest BCUT2D eigenvalue weighted by Gasteiger charge is -2.10. The first kappa shape index (κ1) is 17.3. The summed E-state index contributed by atoms with van der Waals surface area (Å²) in [6, 6.07) is 9.28. The van der Waals surface area contributed by atoms with Crippen molar-refractivity contribution in [2.24, 2.45) is 5.92 Å². The van der Waals surface area contributed by atoms with Crippen molar-refractivity contribution in [3.05, 3.63) is 58.9 Å². The van der Waals surface area contributed by atoms with Crippen LogP contribution in [0.25, 0.3) is 0 Å². The number of aromatic nitrogens is 1. The van der Waals surface area contributed by atoms with Gasteiger partial charge in [0.2, 0.25) is 0 Å². The molecule has 2 N–H and O–H groups in total. The van der Waals surface area contributed by atoms with Gasteiger partial charge in [0, 0.05) is 30.5 Å². The summed E-state index contributed by atoms with van der Waals surface area (Å²) in [6.45, 7) is 5.62. The maximum atomic E-state index is 12.2. The summed E-state index contributed by atoms with van der Waals surface area (Å²) in [6.07, 6.45) is 4.36. The van der Waals surface area contributed by atoms with Gasteiger partial charge in [-0.15, -0.1) is 0 Å². The van der Waals surface area contributed by atoms with E-state index in [0.29, 0.717) is 23.0 Å². The van der Waals surface area contributed by atoms with E-state index < -0.39 is 0 Å². The van der Waals surface area contributed by atoms with Crippen LogP contribution in [0.4, 0.5) is 5.69 Å². The third-order valence-corrected chi connectivity index (χ3v) is 3.82. The lowest BCUT2D eigenvalue weighted by molar-refractivity contribution is 0.0950. The van der Waals surface area contributed by atoms with Crippen LogP contribution in [0, 0.1) is 5.92 Å². The maximum Gasteiger partial charge on any atom is 0.253 e. The molecule has 5 heteroatoms. The third kappa shape index (κ3) is 5.57. The van der Waals surface area contributed by atoms with Gasteiger partial charge in [-0.2, -0.15) is 0 Å². The summed E-state index contributed by atoms with van der Waals surface area (Å²) in [5, 5.41) is 6.81. The summed E-state index contributed by atoms with van der Waals surface area (Å²) in [4.78, 5) is 16.4. The van der Waals surface area contributed by atoms with Crippen LogP contribution in [0.1, 0.15) is 36.2 Å². The number of nitrogens with one attached hydrogen (secondary N) is 2. The van der Waals surface area contributed by atoms with Crippen LogP contribution >= 0.6 is 11.6 Å². The fraction of sp³-hybridized carbons (Fsp3) is 0.333. The zero-order valence-electron chi connectivity index (χ0n) is 13.5. The van der Waals surface area contributed by atoms with Gasteiger partial charge in [-0.1, -0.05) is 43.6 Å². The predicted octanol–water partition coefficient (Wildman–Crippen LogP) is 4.12. The van der Waals surface area contributed by atoms with E-state index in [1.807, 2.05) is 30.3 Å². The molecule has 0 unspecified atom stereocenters. The third-order valence-electron chi connectivity index (χ3n) is 3.45. The number of nitrogens with zero attached hydrogens (tertiary/aromatic N) is 1. The number of pyridine rings is 1. The number of rotatable bonds is 7. The van der Waals surface area contributed by atoms with E-state index >= 15 is 0 Å². The van der Waals surface area contributed by atoms with Crippen molar-refractivity contribution < 1.29 is 4.79 Å². The molecule has 0 radical (unpaired) electrons. The fourth-order valence-corrected chi connectivity index (χ4v) is 2.29. The Morgan fingerprint density at radius 3 is 2.78 bits per heavy atom. The first-order chi connectivity index (χ1) is 11.1. The van der Waals surface area contributed by atoms with Crippen molar-refractivity contribution >= 4 is 23.2 Å². The van der Waals surface area contributed by atoms with Crippen LogP contribution in [-0.2, 0) is 6.54 Å². The van der Waals surface area contributed by atoms with Crippen LogP contribution < -0.4 is 10.6 Å². The highest BCUT2D eigenvalue weighted by molar-refractivity contribution is 6.31. The molecule has 122 valence electrons. The van der Waals surface area contributed by atoms with Gasteiger partial charge < -0.3 is 10.6 Å². The van der Waals surface area contributed by atoms with E-state index in [1.54, 1.807) is 12.4 Å². The number of halogens is 1. The zero-order chi connectivity index (χ0) is 16.7. The summed E-state index contributed by atoms with van der Waals surface area (Å²) in [7, 11) is 0. The Hall–Kier alpha value is -2.07. The number of anilines is 1. The molecule has 0 saturated heterocycles. The topological polar surface area (TPSA) is 54.0 Å². The van der Waals surface area contributed by atoms with Crippen molar-refractivity contribution in [1.29, 1.82) is 0 Å². The monoisotopic (exact) mass is 331 g/mol. The Kier molecular flexibility index (Phi) is 6.41. The molecule has 0 fully saturated rings. The SMILES string of the molecule is CC(C)CCNc1cncc(C(=O)NCc2ccccc2Cl)c1. The van der Waals surface area contributed by atoms with Crippen LogP contribution in [0.2, 0.25) is 5.02 Å². The van der Waals surface area contributed by atoms with Gasteiger partial charge in [0.15, 0.2) is 0 Å². The Labute approximate surface area is 142 Å². The Morgan fingerprint density at radius 2 is 2.04 bits per heavy atom. The normalized spacial score (nSPS) is 10.6. The smallest absolute Gasteiger partial charge is 0.253 e. The van der Waals surface area contributed by atoms with Crippen molar-refractivity contribution in [1.82, 2.24) is 10.3 Å². The van der Waals surface area contributed by atoms with Crippen molar-refractivity contribution in [2.75, 3.05) is 11.9 Å². The average molecular weight is 332 g/mol. The second-order valence-electron chi connectivity index (χ2n) is 5.85. The second-order valence-corrected chi connectivity index (χ2v) is 6.25. The minimum Gasteiger partial charge on any atom is -0.384 e. The predicted molar refractivity (Wildman–Crippen MR) is 94.8 cm³/mol. The van der Waals surface area contributed by atoms with Crippen molar-refractivity contribution in [2.45, 2.75) is 26.8 Å². The largest absolute Gasteiger partial charge is 0.384 e. The second kappa shape index (κ2) is 8.53. The minimum absolute atomic E-state index is 0.162. The molecular formula is C18H22ClN3O.